The average Bonchev–Trinajstić information content (AvgIpc) is 2.80. The lowest BCUT2D eigenvalue weighted by atomic mass is 9.86. The molecule has 0 amide bonds. The van der Waals surface area contributed by atoms with Crippen molar-refractivity contribution in [1.29, 1.82) is 0 Å². The lowest BCUT2D eigenvalue weighted by molar-refractivity contribution is 0.824. The van der Waals surface area contributed by atoms with Crippen molar-refractivity contribution in [3.05, 3.63) is 106 Å². The van der Waals surface area contributed by atoms with E-state index < -0.39 is 0 Å². The van der Waals surface area contributed by atoms with Gasteiger partial charge in [0, 0.05) is 24.2 Å². The molecule has 2 aromatic rings. The molecular weight excluding hydrogens is 388 g/mol. The second-order valence-electron chi connectivity index (χ2n) is 8.60. The zero-order chi connectivity index (χ0) is 23.3. The number of aryl methyl sites for hydroxylation is 2. The Morgan fingerprint density at radius 2 is 1.81 bits per heavy atom. The number of hydrogen-bond acceptors (Lipinski definition) is 2. The van der Waals surface area contributed by atoms with Gasteiger partial charge in [-0.25, -0.2) is 0 Å². The molecule has 0 atom stereocenters. The highest BCUT2D eigenvalue weighted by atomic mass is 14.9. The van der Waals surface area contributed by atoms with Crippen molar-refractivity contribution in [2.24, 2.45) is 4.99 Å². The maximum absolute atomic E-state index is 4.92. The van der Waals surface area contributed by atoms with E-state index in [4.69, 9.17) is 4.99 Å². The molecule has 32 heavy (non-hydrogen) atoms. The van der Waals surface area contributed by atoms with Gasteiger partial charge >= 0.3 is 0 Å². The van der Waals surface area contributed by atoms with Crippen molar-refractivity contribution in [3.8, 4) is 0 Å². The van der Waals surface area contributed by atoms with Crippen LogP contribution in [0, 0.1) is 20.8 Å². The predicted octanol–water partition coefficient (Wildman–Crippen LogP) is 7.71. The third-order valence-corrected chi connectivity index (χ3v) is 6.36. The van der Waals surface area contributed by atoms with Crippen molar-refractivity contribution >= 4 is 17.0 Å². The molecule has 3 rings (SSSR count). The van der Waals surface area contributed by atoms with Crippen LogP contribution >= 0.6 is 0 Å². The van der Waals surface area contributed by atoms with Gasteiger partial charge in [-0.05, 0) is 109 Å². The zero-order valence-electron chi connectivity index (χ0n) is 20.3. The van der Waals surface area contributed by atoms with E-state index in [9.17, 15) is 0 Å². The van der Waals surface area contributed by atoms with Crippen LogP contribution in [0.4, 0.5) is 0 Å². The summed E-state index contributed by atoms with van der Waals surface area (Å²) in [5.74, 6) is 0. The number of aliphatic imine (C=N–C) groups is 1. The third-order valence-electron chi connectivity index (χ3n) is 6.36. The van der Waals surface area contributed by atoms with Crippen LogP contribution in [-0.2, 0) is 0 Å². The lowest BCUT2D eigenvalue weighted by Crippen LogP contribution is -2.14. The molecule has 0 aromatic heterocycles. The summed E-state index contributed by atoms with van der Waals surface area (Å²) in [5, 5.41) is 3.42. The van der Waals surface area contributed by atoms with Crippen molar-refractivity contribution in [1.82, 2.24) is 5.32 Å². The van der Waals surface area contributed by atoms with Gasteiger partial charge in [0.05, 0.1) is 0 Å². The van der Waals surface area contributed by atoms with E-state index in [2.05, 4.69) is 95.6 Å². The molecule has 1 N–H and O–H groups in total. The largest absolute Gasteiger partial charge is 0.385 e. The van der Waals surface area contributed by atoms with Gasteiger partial charge in [0.2, 0.25) is 0 Å². The van der Waals surface area contributed by atoms with Gasteiger partial charge in [-0.3, -0.25) is 4.99 Å². The molecule has 2 heteroatoms. The first-order valence-corrected chi connectivity index (χ1v) is 11.6. The van der Waals surface area contributed by atoms with Crippen molar-refractivity contribution < 1.29 is 0 Å². The quantitative estimate of drug-likeness (QED) is 0.431. The molecule has 0 saturated heterocycles. The first kappa shape index (κ1) is 23.5. The fourth-order valence-electron chi connectivity index (χ4n) is 4.22. The number of nitrogens with zero attached hydrogens (tertiary/aromatic N) is 1. The molecule has 0 bridgehead atoms. The van der Waals surface area contributed by atoms with E-state index in [1.54, 1.807) is 0 Å². The first-order chi connectivity index (χ1) is 15.4. The molecule has 2 aromatic carbocycles. The van der Waals surface area contributed by atoms with Gasteiger partial charge in [0.25, 0.3) is 0 Å². The van der Waals surface area contributed by atoms with E-state index in [0.717, 1.165) is 48.4 Å². The Morgan fingerprint density at radius 1 is 1.06 bits per heavy atom. The number of rotatable bonds is 8. The number of benzene rings is 2. The van der Waals surface area contributed by atoms with Crippen molar-refractivity contribution in [2.75, 3.05) is 6.54 Å². The normalized spacial score (nSPS) is 14.0. The van der Waals surface area contributed by atoms with Crippen molar-refractivity contribution in [2.45, 2.75) is 53.9 Å². The zero-order valence-corrected chi connectivity index (χ0v) is 20.3. The van der Waals surface area contributed by atoms with Gasteiger partial charge in [-0.2, -0.15) is 0 Å². The number of hydrogen-bond donors (Lipinski definition) is 1. The first-order valence-electron chi connectivity index (χ1n) is 11.6. The molecule has 0 unspecified atom stereocenters. The van der Waals surface area contributed by atoms with Crippen LogP contribution in [0.2, 0.25) is 0 Å². The Hall–Kier alpha value is -3.13. The minimum atomic E-state index is 0.911. The van der Waals surface area contributed by atoms with E-state index in [1.807, 2.05) is 6.20 Å². The molecule has 1 aliphatic rings. The Bertz CT molecular complexity index is 1130. The summed E-state index contributed by atoms with van der Waals surface area (Å²) < 4.78 is 0. The summed E-state index contributed by atoms with van der Waals surface area (Å²) in [6.07, 6.45) is 7.12. The van der Waals surface area contributed by atoms with Crippen LogP contribution in [0.1, 0.15) is 66.5 Å². The van der Waals surface area contributed by atoms with Gasteiger partial charge in [0.15, 0.2) is 0 Å². The van der Waals surface area contributed by atoms with Crippen LogP contribution in [0.15, 0.2) is 78.0 Å². The topological polar surface area (TPSA) is 24.4 Å². The highest BCUT2D eigenvalue weighted by molar-refractivity contribution is 6.04. The van der Waals surface area contributed by atoms with E-state index >= 15 is 0 Å². The molecule has 1 heterocycles. The maximum Gasteiger partial charge on any atom is 0.0482 e. The minimum absolute atomic E-state index is 0.911. The lowest BCUT2D eigenvalue weighted by Gasteiger charge is -2.21. The third kappa shape index (κ3) is 5.02. The summed E-state index contributed by atoms with van der Waals surface area (Å²) >= 11 is 0. The van der Waals surface area contributed by atoms with Crippen molar-refractivity contribution in [3.63, 3.8) is 0 Å². The summed E-state index contributed by atoms with van der Waals surface area (Å²) in [6.45, 7) is 20.4. The monoisotopic (exact) mass is 424 g/mol. The Labute approximate surface area is 194 Å². The standard InChI is InChI=1S/C30H36N2/c1-8-16-31-24(7)26-17-21(4)22(5)29(18-26)30-15-14-25(19-32-30)23(6)27(9-2)28-13-11-10-12-20(28)3/h9-13,17-19,31H,6-8,14-16H2,1-5H3/b27-9-. The summed E-state index contributed by atoms with van der Waals surface area (Å²) in [6, 6.07) is 13.0. The molecule has 0 aliphatic carbocycles. The van der Waals surface area contributed by atoms with E-state index in [-0.39, 0.29) is 0 Å². The van der Waals surface area contributed by atoms with Gasteiger partial charge < -0.3 is 5.32 Å². The van der Waals surface area contributed by atoms with Crippen LogP contribution < -0.4 is 5.32 Å². The second-order valence-corrected chi connectivity index (χ2v) is 8.60. The molecule has 166 valence electrons. The van der Waals surface area contributed by atoms with Gasteiger partial charge in [-0.15, -0.1) is 0 Å². The molecule has 0 fully saturated rings. The van der Waals surface area contributed by atoms with E-state index in [0.29, 0.717) is 0 Å². The Kier molecular flexibility index (Phi) is 7.69. The van der Waals surface area contributed by atoms with Crippen LogP contribution in [0.3, 0.4) is 0 Å². The molecule has 0 saturated carbocycles. The predicted molar refractivity (Wildman–Crippen MR) is 141 cm³/mol. The Balaban J connectivity index is 1.90. The molecule has 0 radical (unpaired) electrons. The Morgan fingerprint density at radius 3 is 2.44 bits per heavy atom. The number of allylic oxidation sites excluding steroid dienone is 4. The summed E-state index contributed by atoms with van der Waals surface area (Å²) in [4.78, 5) is 4.92. The fourth-order valence-corrected chi connectivity index (χ4v) is 4.22. The highest BCUT2D eigenvalue weighted by Gasteiger charge is 2.18. The molecular formula is C30H36N2. The highest BCUT2D eigenvalue weighted by Crippen LogP contribution is 2.34. The van der Waals surface area contributed by atoms with Crippen LogP contribution in [0.25, 0.3) is 11.3 Å². The van der Waals surface area contributed by atoms with Gasteiger partial charge in [-0.1, -0.05) is 50.4 Å². The maximum atomic E-state index is 4.92. The van der Waals surface area contributed by atoms with Gasteiger partial charge in [0.1, 0.15) is 0 Å². The molecule has 1 aliphatic heterocycles. The molecule has 2 nitrogen and oxygen atoms in total. The minimum Gasteiger partial charge on any atom is -0.385 e. The number of nitrogens with one attached hydrogen (secondary N) is 1. The molecule has 0 spiro atoms. The van der Waals surface area contributed by atoms with Crippen LogP contribution in [0.5, 0.6) is 0 Å². The fraction of sp³-hybridized carbons (Fsp3) is 0.300. The summed E-state index contributed by atoms with van der Waals surface area (Å²) in [5.41, 5.74) is 13.1. The summed E-state index contributed by atoms with van der Waals surface area (Å²) in [7, 11) is 0. The van der Waals surface area contributed by atoms with E-state index in [1.165, 1.54) is 39.0 Å². The SMILES string of the molecule is C=C(C1=CN=C(c2cc(C(=C)NCCC)cc(C)c2C)CC1)/C(=C/C)c1ccccc1C. The smallest absolute Gasteiger partial charge is 0.0482 e. The average molecular weight is 425 g/mol. The second kappa shape index (κ2) is 10.5. The van der Waals surface area contributed by atoms with Crippen LogP contribution in [-0.4, -0.2) is 12.3 Å².